The highest BCUT2D eigenvalue weighted by molar-refractivity contribution is 7.91. The second-order valence-corrected chi connectivity index (χ2v) is 8.60. The quantitative estimate of drug-likeness (QED) is 0.927. The Hall–Kier alpha value is -0.920. The Morgan fingerprint density at radius 3 is 2.55 bits per heavy atom. The molecule has 1 aromatic heterocycles. The number of nitrogens with one attached hydrogen (secondary N) is 1. The number of hydrogen-bond acceptors (Lipinski definition) is 4. The van der Waals surface area contributed by atoms with E-state index < -0.39 is 10.0 Å². The van der Waals surface area contributed by atoms with E-state index in [1.54, 1.807) is 16.4 Å². The highest BCUT2D eigenvalue weighted by Gasteiger charge is 2.31. The summed E-state index contributed by atoms with van der Waals surface area (Å²) in [5, 5.41) is 3.42. The van der Waals surface area contributed by atoms with Gasteiger partial charge in [-0.1, -0.05) is 6.42 Å². The van der Waals surface area contributed by atoms with E-state index in [1.807, 2.05) is 0 Å². The van der Waals surface area contributed by atoms with Gasteiger partial charge in [0, 0.05) is 19.0 Å². The van der Waals surface area contributed by atoms with Crippen LogP contribution < -0.4 is 5.32 Å². The lowest BCUT2D eigenvalue weighted by atomic mass is 10.2. The maximum Gasteiger partial charge on any atom is 0.252 e. The number of hydrogen-bond donors (Lipinski definition) is 1. The molecular weight excluding hydrogens is 296 g/mol. The summed E-state index contributed by atoms with van der Waals surface area (Å²) in [5.74, 6) is 0.132. The number of anilines is 1. The van der Waals surface area contributed by atoms with Gasteiger partial charge >= 0.3 is 0 Å². The van der Waals surface area contributed by atoms with Gasteiger partial charge in [-0.3, -0.25) is 4.79 Å². The van der Waals surface area contributed by atoms with Crippen molar-refractivity contribution >= 4 is 32.3 Å². The van der Waals surface area contributed by atoms with E-state index in [2.05, 4.69) is 5.32 Å². The summed E-state index contributed by atoms with van der Waals surface area (Å²) in [6.07, 6.45) is 4.83. The van der Waals surface area contributed by atoms with Crippen LogP contribution in [-0.4, -0.2) is 31.7 Å². The van der Waals surface area contributed by atoms with Gasteiger partial charge in [-0.05, 0) is 37.8 Å². The van der Waals surface area contributed by atoms with Crippen LogP contribution in [0.25, 0.3) is 0 Å². The van der Waals surface area contributed by atoms with Crippen molar-refractivity contribution in [3.05, 3.63) is 12.1 Å². The molecule has 1 amide bonds. The third-order valence-corrected chi connectivity index (χ3v) is 7.05. The molecule has 0 aromatic carbocycles. The highest BCUT2D eigenvalue weighted by Crippen LogP contribution is 2.33. The molecule has 1 aromatic rings. The van der Waals surface area contributed by atoms with Crippen LogP contribution in [0.2, 0.25) is 0 Å². The van der Waals surface area contributed by atoms with Gasteiger partial charge in [-0.25, -0.2) is 8.42 Å². The molecule has 2 aliphatic rings. The number of thiophene rings is 1. The van der Waals surface area contributed by atoms with E-state index in [0.29, 0.717) is 22.3 Å². The van der Waals surface area contributed by atoms with Crippen molar-refractivity contribution in [3.63, 3.8) is 0 Å². The summed E-state index contributed by atoms with van der Waals surface area (Å²) in [5.41, 5.74) is 0. The minimum atomic E-state index is -3.38. The summed E-state index contributed by atoms with van der Waals surface area (Å²) in [7, 11) is -3.38. The first-order valence-electron chi connectivity index (χ1n) is 6.98. The predicted molar refractivity (Wildman–Crippen MR) is 78.3 cm³/mol. The molecule has 0 unspecified atom stereocenters. The summed E-state index contributed by atoms with van der Waals surface area (Å²) < 4.78 is 26.8. The number of nitrogens with zero attached hydrogens (tertiary/aromatic N) is 1. The van der Waals surface area contributed by atoms with Crippen LogP contribution in [-0.2, 0) is 14.8 Å². The second kappa shape index (κ2) is 5.46. The molecule has 0 bridgehead atoms. The van der Waals surface area contributed by atoms with Gasteiger partial charge in [0.05, 0.1) is 5.00 Å². The Morgan fingerprint density at radius 2 is 1.90 bits per heavy atom. The summed E-state index contributed by atoms with van der Waals surface area (Å²) >= 11 is 1.15. The predicted octanol–water partition coefficient (Wildman–Crippen LogP) is 2.27. The van der Waals surface area contributed by atoms with Crippen LogP contribution in [0.3, 0.4) is 0 Å². The number of sulfonamides is 1. The lowest BCUT2D eigenvalue weighted by Gasteiger charge is -2.25. The van der Waals surface area contributed by atoms with Crippen LogP contribution in [0.1, 0.15) is 32.1 Å². The fourth-order valence-corrected chi connectivity index (χ4v) is 5.21. The molecule has 3 rings (SSSR count). The Labute approximate surface area is 123 Å². The van der Waals surface area contributed by atoms with Crippen molar-refractivity contribution in [1.82, 2.24) is 4.31 Å². The zero-order valence-electron chi connectivity index (χ0n) is 11.2. The minimum absolute atomic E-state index is 0.00812. The van der Waals surface area contributed by atoms with Crippen LogP contribution in [0.4, 0.5) is 5.00 Å². The number of carbonyl (C=O) groups is 1. The van der Waals surface area contributed by atoms with E-state index in [-0.39, 0.29) is 11.8 Å². The Bertz CT molecular complexity index is 599. The molecule has 1 N–H and O–H groups in total. The zero-order chi connectivity index (χ0) is 14.2. The third kappa shape index (κ3) is 2.89. The fourth-order valence-electron chi connectivity index (χ4n) is 2.33. The molecule has 1 aliphatic heterocycles. The highest BCUT2D eigenvalue weighted by atomic mass is 32.2. The van der Waals surface area contributed by atoms with Gasteiger partial charge in [0.2, 0.25) is 5.91 Å². The molecule has 1 saturated heterocycles. The first-order valence-corrected chi connectivity index (χ1v) is 9.24. The number of piperidine rings is 1. The number of amides is 1. The smallest absolute Gasteiger partial charge is 0.252 e. The standard InChI is InChI=1S/C13H18N2O3S2/c16-13(10-4-5-10)14-11-6-7-12(19-11)20(17,18)15-8-2-1-3-9-15/h6-7,10H,1-5,8-9H2,(H,14,16). The van der Waals surface area contributed by atoms with E-state index in [0.717, 1.165) is 43.4 Å². The van der Waals surface area contributed by atoms with Gasteiger partial charge in [0.25, 0.3) is 10.0 Å². The van der Waals surface area contributed by atoms with Crippen molar-refractivity contribution in [2.45, 2.75) is 36.3 Å². The molecule has 7 heteroatoms. The molecule has 5 nitrogen and oxygen atoms in total. The monoisotopic (exact) mass is 314 g/mol. The third-order valence-electron chi connectivity index (χ3n) is 3.69. The second-order valence-electron chi connectivity index (χ2n) is 5.35. The van der Waals surface area contributed by atoms with Gasteiger partial charge in [0.15, 0.2) is 0 Å². The SMILES string of the molecule is O=C(Nc1ccc(S(=O)(=O)N2CCCCC2)s1)C1CC1. The van der Waals surface area contributed by atoms with E-state index in [9.17, 15) is 13.2 Å². The minimum Gasteiger partial charge on any atom is -0.317 e. The summed E-state index contributed by atoms with van der Waals surface area (Å²) in [6, 6.07) is 3.28. The Balaban J connectivity index is 1.72. The van der Waals surface area contributed by atoms with Crippen LogP contribution in [0, 0.1) is 5.92 Å². The molecular formula is C13H18N2O3S2. The fraction of sp³-hybridized carbons (Fsp3) is 0.615. The zero-order valence-corrected chi connectivity index (χ0v) is 12.8. The molecule has 20 heavy (non-hydrogen) atoms. The topological polar surface area (TPSA) is 66.5 Å². The molecule has 0 spiro atoms. The number of rotatable bonds is 4. The van der Waals surface area contributed by atoms with E-state index in [1.165, 1.54) is 0 Å². The Morgan fingerprint density at radius 1 is 1.20 bits per heavy atom. The molecule has 2 heterocycles. The summed E-state index contributed by atoms with van der Waals surface area (Å²) in [4.78, 5) is 11.7. The van der Waals surface area contributed by atoms with Crippen molar-refractivity contribution < 1.29 is 13.2 Å². The molecule has 1 saturated carbocycles. The normalized spacial score (nSPS) is 20.8. The van der Waals surface area contributed by atoms with E-state index in [4.69, 9.17) is 0 Å². The van der Waals surface area contributed by atoms with Crippen LogP contribution in [0.5, 0.6) is 0 Å². The van der Waals surface area contributed by atoms with Crippen molar-refractivity contribution in [2.24, 2.45) is 5.92 Å². The largest absolute Gasteiger partial charge is 0.317 e. The first-order chi connectivity index (χ1) is 9.57. The average molecular weight is 314 g/mol. The van der Waals surface area contributed by atoms with Gasteiger partial charge in [0.1, 0.15) is 4.21 Å². The van der Waals surface area contributed by atoms with Crippen LogP contribution in [0.15, 0.2) is 16.3 Å². The van der Waals surface area contributed by atoms with Gasteiger partial charge in [-0.15, -0.1) is 11.3 Å². The summed E-state index contributed by atoms with van der Waals surface area (Å²) in [6.45, 7) is 1.20. The first kappa shape index (κ1) is 14.0. The molecule has 0 radical (unpaired) electrons. The average Bonchev–Trinajstić information content (AvgIpc) is 3.20. The molecule has 0 atom stereocenters. The molecule has 1 aliphatic carbocycles. The lowest BCUT2D eigenvalue weighted by molar-refractivity contribution is -0.117. The van der Waals surface area contributed by atoms with Crippen molar-refractivity contribution in [2.75, 3.05) is 18.4 Å². The van der Waals surface area contributed by atoms with Crippen molar-refractivity contribution in [1.29, 1.82) is 0 Å². The lowest BCUT2D eigenvalue weighted by Crippen LogP contribution is -2.35. The van der Waals surface area contributed by atoms with Crippen molar-refractivity contribution in [3.8, 4) is 0 Å². The van der Waals surface area contributed by atoms with Gasteiger partial charge in [-0.2, -0.15) is 4.31 Å². The maximum absolute atomic E-state index is 12.5. The van der Waals surface area contributed by atoms with Gasteiger partial charge < -0.3 is 5.32 Å². The van der Waals surface area contributed by atoms with Crippen LogP contribution >= 0.6 is 11.3 Å². The molecule has 2 fully saturated rings. The Kier molecular flexibility index (Phi) is 3.83. The number of carbonyl (C=O) groups excluding carboxylic acids is 1. The molecule has 110 valence electrons. The maximum atomic E-state index is 12.5. The van der Waals surface area contributed by atoms with E-state index >= 15 is 0 Å².